The van der Waals surface area contributed by atoms with Gasteiger partial charge in [-0.25, -0.2) is 4.68 Å². The molecule has 0 N–H and O–H groups in total. The lowest BCUT2D eigenvalue weighted by Gasteiger charge is -2.07. The Hall–Kier alpha value is -2.60. The number of hydrogen-bond acceptors (Lipinski definition) is 4. The van der Waals surface area contributed by atoms with Crippen molar-refractivity contribution >= 4 is 10.1 Å². The predicted octanol–water partition coefficient (Wildman–Crippen LogP) is 2.64. The second kappa shape index (κ2) is 5.41. The van der Waals surface area contributed by atoms with Gasteiger partial charge in [-0.2, -0.15) is 13.5 Å². The Balaban J connectivity index is 1.83. The summed E-state index contributed by atoms with van der Waals surface area (Å²) in [5, 5.41) is 4.10. The molecule has 1 heterocycles. The summed E-state index contributed by atoms with van der Waals surface area (Å²) < 4.78 is 30.9. The molecule has 1 aromatic heterocycles. The van der Waals surface area contributed by atoms with Gasteiger partial charge in [-0.3, -0.25) is 0 Å². The lowest BCUT2D eigenvalue weighted by molar-refractivity contribution is 0.486. The highest BCUT2D eigenvalue weighted by atomic mass is 32.2. The van der Waals surface area contributed by atoms with E-state index in [9.17, 15) is 8.42 Å². The molecule has 0 atom stereocenters. The Bertz CT molecular complexity index is 811. The average Bonchev–Trinajstić information content (AvgIpc) is 3.03. The van der Waals surface area contributed by atoms with E-state index in [1.165, 1.54) is 12.1 Å². The van der Waals surface area contributed by atoms with E-state index in [4.69, 9.17) is 4.18 Å². The number of hydrogen-bond donors (Lipinski definition) is 0. The van der Waals surface area contributed by atoms with Crippen molar-refractivity contribution in [3.63, 3.8) is 0 Å². The van der Waals surface area contributed by atoms with Crippen molar-refractivity contribution in [3.05, 3.63) is 73.1 Å². The molecule has 0 unspecified atom stereocenters. The zero-order valence-electron chi connectivity index (χ0n) is 11.0. The first-order valence-corrected chi connectivity index (χ1v) is 7.66. The topological polar surface area (TPSA) is 61.2 Å². The van der Waals surface area contributed by atoms with E-state index in [0.29, 0.717) is 0 Å². The van der Waals surface area contributed by atoms with Crippen LogP contribution in [0.4, 0.5) is 0 Å². The van der Waals surface area contributed by atoms with Gasteiger partial charge in [0, 0.05) is 12.4 Å². The minimum Gasteiger partial charge on any atom is -0.379 e. The summed E-state index contributed by atoms with van der Waals surface area (Å²) >= 11 is 0. The molecular weight excluding hydrogens is 288 g/mol. The summed E-state index contributed by atoms with van der Waals surface area (Å²) in [6, 6.07) is 16.5. The molecular formula is C15H12N2O3S. The van der Waals surface area contributed by atoms with Gasteiger partial charge in [-0.1, -0.05) is 18.2 Å². The molecule has 106 valence electrons. The average molecular weight is 300 g/mol. The van der Waals surface area contributed by atoms with Crippen LogP contribution in [-0.4, -0.2) is 18.2 Å². The minimum absolute atomic E-state index is 0.126. The third-order valence-corrected chi connectivity index (χ3v) is 4.10. The fourth-order valence-electron chi connectivity index (χ4n) is 1.84. The van der Waals surface area contributed by atoms with E-state index >= 15 is 0 Å². The van der Waals surface area contributed by atoms with Gasteiger partial charge in [0.05, 0.1) is 5.69 Å². The number of benzene rings is 2. The number of aromatic nitrogens is 2. The first kappa shape index (κ1) is 13.4. The van der Waals surface area contributed by atoms with Crippen molar-refractivity contribution in [3.8, 4) is 11.4 Å². The zero-order chi connectivity index (χ0) is 14.7. The molecule has 0 radical (unpaired) electrons. The second-order valence-corrected chi connectivity index (χ2v) is 5.84. The Kier molecular flexibility index (Phi) is 3.45. The van der Waals surface area contributed by atoms with Gasteiger partial charge in [0.2, 0.25) is 0 Å². The summed E-state index contributed by atoms with van der Waals surface area (Å²) in [6.07, 6.45) is 3.47. The van der Waals surface area contributed by atoms with Crippen LogP contribution in [0.15, 0.2) is 78.0 Å². The molecule has 3 aromatic rings. The van der Waals surface area contributed by atoms with Gasteiger partial charge in [-0.05, 0) is 42.5 Å². The van der Waals surface area contributed by atoms with Crippen LogP contribution in [0.2, 0.25) is 0 Å². The van der Waals surface area contributed by atoms with Crippen molar-refractivity contribution in [2.24, 2.45) is 0 Å². The van der Waals surface area contributed by atoms with Crippen molar-refractivity contribution < 1.29 is 12.6 Å². The summed E-state index contributed by atoms with van der Waals surface area (Å²) in [7, 11) is -3.80. The second-order valence-electron chi connectivity index (χ2n) is 4.30. The maximum atomic E-state index is 12.1. The van der Waals surface area contributed by atoms with Crippen molar-refractivity contribution in [2.45, 2.75) is 4.90 Å². The summed E-state index contributed by atoms with van der Waals surface area (Å²) in [5.41, 5.74) is 0.824. The van der Waals surface area contributed by atoms with Gasteiger partial charge >= 0.3 is 10.1 Å². The lowest BCUT2D eigenvalue weighted by atomic mass is 10.3. The van der Waals surface area contributed by atoms with Crippen LogP contribution < -0.4 is 4.18 Å². The van der Waals surface area contributed by atoms with Gasteiger partial charge in [-0.15, -0.1) is 0 Å². The number of nitrogens with zero attached hydrogens (tertiary/aromatic N) is 2. The van der Waals surface area contributed by atoms with Crippen LogP contribution in [0.5, 0.6) is 5.75 Å². The molecule has 0 spiro atoms. The van der Waals surface area contributed by atoms with Crippen LogP contribution in [0.25, 0.3) is 5.69 Å². The van der Waals surface area contributed by atoms with Crippen molar-refractivity contribution in [1.82, 2.24) is 9.78 Å². The molecule has 0 aliphatic carbocycles. The lowest BCUT2D eigenvalue weighted by Crippen LogP contribution is -2.09. The first-order chi connectivity index (χ1) is 10.1. The monoisotopic (exact) mass is 300 g/mol. The molecule has 21 heavy (non-hydrogen) atoms. The van der Waals surface area contributed by atoms with E-state index in [1.54, 1.807) is 59.5 Å². The Morgan fingerprint density at radius 3 is 2.24 bits per heavy atom. The Morgan fingerprint density at radius 2 is 1.62 bits per heavy atom. The van der Waals surface area contributed by atoms with Crippen LogP contribution in [-0.2, 0) is 10.1 Å². The van der Waals surface area contributed by atoms with E-state index < -0.39 is 10.1 Å². The fraction of sp³-hybridized carbons (Fsp3) is 0. The standard InChI is InChI=1S/C15H12N2O3S/c18-21(19,15-5-2-1-3-6-15)20-14-9-7-13(8-10-14)17-12-4-11-16-17/h1-12H. The molecule has 6 heteroatoms. The zero-order valence-corrected chi connectivity index (χ0v) is 11.8. The van der Waals surface area contributed by atoms with E-state index in [0.717, 1.165) is 5.69 Å². The van der Waals surface area contributed by atoms with Gasteiger partial charge < -0.3 is 4.18 Å². The van der Waals surface area contributed by atoms with Crippen LogP contribution in [0.1, 0.15) is 0 Å². The molecule has 0 aliphatic rings. The SMILES string of the molecule is O=S(=O)(Oc1ccc(-n2cccn2)cc1)c1ccccc1. The van der Waals surface area contributed by atoms with Crippen LogP contribution >= 0.6 is 0 Å². The summed E-state index contributed by atoms with van der Waals surface area (Å²) in [4.78, 5) is 0.126. The Morgan fingerprint density at radius 1 is 0.905 bits per heavy atom. The smallest absolute Gasteiger partial charge is 0.339 e. The van der Waals surface area contributed by atoms with Gasteiger partial charge in [0.1, 0.15) is 10.6 Å². The highest BCUT2D eigenvalue weighted by Gasteiger charge is 2.15. The van der Waals surface area contributed by atoms with E-state index in [2.05, 4.69) is 5.10 Å². The molecule has 0 saturated heterocycles. The molecule has 0 amide bonds. The highest BCUT2D eigenvalue weighted by molar-refractivity contribution is 7.87. The molecule has 5 nitrogen and oxygen atoms in total. The molecule has 0 saturated carbocycles. The maximum absolute atomic E-state index is 12.1. The highest BCUT2D eigenvalue weighted by Crippen LogP contribution is 2.20. The van der Waals surface area contributed by atoms with Gasteiger partial charge in [0.15, 0.2) is 0 Å². The third-order valence-electron chi connectivity index (χ3n) is 2.84. The van der Waals surface area contributed by atoms with E-state index in [1.807, 2.05) is 6.07 Å². The molecule has 3 rings (SSSR count). The normalized spacial score (nSPS) is 11.2. The van der Waals surface area contributed by atoms with E-state index in [-0.39, 0.29) is 10.6 Å². The predicted molar refractivity (Wildman–Crippen MR) is 77.8 cm³/mol. The molecule has 2 aromatic carbocycles. The fourth-order valence-corrected chi connectivity index (χ4v) is 2.79. The van der Waals surface area contributed by atoms with Gasteiger partial charge in [0.25, 0.3) is 0 Å². The molecule has 0 fully saturated rings. The van der Waals surface area contributed by atoms with Crippen LogP contribution in [0, 0.1) is 0 Å². The summed E-state index contributed by atoms with van der Waals surface area (Å²) in [5.74, 6) is 0.259. The quantitative estimate of drug-likeness (QED) is 0.695. The molecule has 0 bridgehead atoms. The van der Waals surface area contributed by atoms with Crippen molar-refractivity contribution in [1.29, 1.82) is 0 Å². The Labute approximate surface area is 122 Å². The van der Waals surface area contributed by atoms with Crippen LogP contribution in [0.3, 0.4) is 0 Å². The minimum atomic E-state index is -3.80. The maximum Gasteiger partial charge on any atom is 0.339 e. The first-order valence-electron chi connectivity index (χ1n) is 6.25. The summed E-state index contributed by atoms with van der Waals surface area (Å²) in [6.45, 7) is 0. The third kappa shape index (κ3) is 2.95. The van der Waals surface area contributed by atoms with Crippen molar-refractivity contribution in [2.75, 3.05) is 0 Å². The number of rotatable bonds is 4. The largest absolute Gasteiger partial charge is 0.379 e. The molecule has 0 aliphatic heterocycles.